The van der Waals surface area contributed by atoms with Gasteiger partial charge in [0, 0.05) is 11.6 Å². The van der Waals surface area contributed by atoms with Gasteiger partial charge in [0.05, 0.1) is 12.9 Å². The molecule has 0 radical (unpaired) electrons. The number of benzene rings is 1. The number of rotatable bonds is 4. The molecule has 0 heterocycles. The lowest BCUT2D eigenvalue weighted by molar-refractivity contribution is 0.399. The quantitative estimate of drug-likeness (QED) is 0.891. The van der Waals surface area contributed by atoms with E-state index < -0.39 is 9.84 Å². The van der Waals surface area contributed by atoms with Gasteiger partial charge in [-0.15, -0.1) is 0 Å². The van der Waals surface area contributed by atoms with Crippen molar-refractivity contribution in [2.45, 2.75) is 11.8 Å². The van der Waals surface area contributed by atoms with Gasteiger partial charge in [0.15, 0.2) is 9.84 Å². The van der Waals surface area contributed by atoms with Crippen molar-refractivity contribution in [3.05, 3.63) is 22.7 Å². The summed E-state index contributed by atoms with van der Waals surface area (Å²) in [5, 5.41) is 0.369. The van der Waals surface area contributed by atoms with E-state index in [4.69, 9.17) is 22.1 Å². The molecule has 90 valence electrons. The van der Waals surface area contributed by atoms with Crippen LogP contribution >= 0.6 is 11.6 Å². The molecule has 0 aromatic heterocycles. The predicted molar refractivity (Wildman–Crippen MR) is 63.8 cm³/mol. The fraction of sp³-hybridized carbons (Fsp3) is 0.400. The van der Waals surface area contributed by atoms with Crippen LogP contribution in [0.1, 0.15) is 5.56 Å². The smallest absolute Gasteiger partial charge is 0.183 e. The Bertz CT molecular complexity index is 485. The average molecular weight is 264 g/mol. The number of nitrogens with two attached hydrogens (primary N) is 1. The SMILES string of the molecule is COc1c(C)cc(Cl)cc1S(=O)(=O)CCN. The van der Waals surface area contributed by atoms with Crippen LogP contribution < -0.4 is 10.5 Å². The van der Waals surface area contributed by atoms with Crippen LogP contribution in [0.2, 0.25) is 5.02 Å². The van der Waals surface area contributed by atoms with Crippen molar-refractivity contribution >= 4 is 21.4 Å². The summed E-state index contributed by atoms with van der Waals surface area (Å²) in [6.45, 7) is 1.81. The molecule has 4 nitrogen and oxygen atoms in total. The first kappa shape index (κ1) is 13.3. The normalized spacial score (nSPS) is 11.5. The lowest BCUT2D eigenvalue weighted by atomic mass is 10.2. The molecule has 0 saturated heterocycles. The third kappa shape index (κ3) is 2.66. The third-order valence-corrected chi connectivity index (χ3v) is 4.10. The van der Waals surface area contributed by atoms with Crippen molar-refractivity contribution < 1.29 is 13.2 Å². The van der Waals surface area contributed by atoms with Crippen LogP contribution in [0, 0.1) is 6.92 Å². The summed E-state index contributed by atoms with van der Waals surface area (Å²) in [6.07, 6.45) is 0. The Morgan fingerprint density at radius 1 is 1.44 bits per heavy atom. The number of halogens is 1. The van der Waals surface area contributed by atoms with Crippen molar-refractivity contribution in [1.29, 1.82) is 0 Å². The molecule has 0 amide bonds. The van der Waals surface area contributed by atoms with Gasteiger partial charge in [-0.1, -0.05) is 11.6 Å². The Morgan fingerprint density at radius 2 is 2.06 bits per heavy atom. The van der Waals surface area contributed by atoms with Crippen LogP contribution in [-0.4, -0.2) is 27.8 Å². The molecule has 6 heteroatoms. The molecule has 0 aliphatic heterocycles. The van der Waals surface area contributed by atoms with Gasteiger partial charge in [-0.25, -0.2) is 8.42 Å². The van der Waals surface area contributed by atoms with Crippen molar-refractivity contribution in [3.63, 3.8) is 0 Å². The number of hydrogen-bond acceptors (Lipinski definition) is 4. The average Bonchev–Trinajstić information content (AvgIpc) is 2.16. The summed E-state index contributed by atoms with van der Waals surface area (Å²) in [6, 6.07) is 3.04. The van der Waals surface area contributed by atoms with Gasteiger partial charge in [-0.05, 0) is 24.6 Å². The monoisotopic (exact) mass is 263 g/mol. The van der Waals surface area contributed by atoms with Gasteiger partial charge < -0.3 is 10.5 Å². The maximum Gasteiger partial charge on any atom is 0.183 e. The van der Waals surface area contributed by atoms with Gasteiger partial charge in [0.1, 0.15) is 10.6 Å². The van der Waals surface area contributed by atoms with E-state index >= 15 is 0 Å². The molecule has 0 fully saturated rings. The number of ether oxygens (including phenoxy) is 1. The van der Waals surface area contributed by atoms with Crippen LogP contribution in [0.4, 0.5) is 0 Å². The van der Waals surface area contributed by atoms with E-state index in [1.54, 1.807) is 13.0 Å². The second-order valence-electron chi connectivity index (χ2n) is 3.36. The van der Waals surface area contributed by atoms with Gasteiger partial charge in [-0.3, -0.25) is 0 Å². The maximum atomic E-state index is 11.9. The Hall–Kier alpha value is -0.780. The van der Waals surface area contributed by atoms with Crippen LogP contribution in [0.25, 0.3) is 0 Å². The molecule has 0 spiro atoms. The second kappa shape index (κ2) is 5.03. The fourth-order valence-corrected chi connectivity index (χ4v) is 3.16. The molecule has 0 aliphatic carbocycles. The molecule has 0 saturated carbocycles. The van der Waals surface area contributed by atoms with E-state index in [1.807, 2.05) is 0 Å². The number of methoxy groups -OCH3 is 1. The first-order chi connectivity index (χ1) is 7.42. The van der Waals surface area contributed by atoms with Crippen LogP contribution in [0.15, 0.2) is 17.0 Å². The van der Waals surface area contributed by atoms with Crippen LogP contribution in [0.3, 0.4) is 0 Å². The molecule has 2 N–H and O–H groups in total. The van der Waals surface area contributed by atoms with Crippen LogP contribution in [-0.2, 0) is 9.84 Å². The van der Waals surface area contributed by atoms with Crippen molar-refractivity contribution in [3.8, 4) is 5.75 Å². The highest BCUT2D eigenvalue weighted by molar-refractivity contribution is 7.91. The number of aryl methyl sites for hydroxylation is 1. The molecule has 0 atom stereocenters. The van der Waals surface area contributed by atoms with Crippen molar-refractivity contribution in [2.24, 2.45) is 5.73 Å². The van der Waals surface area contributed by atoms with E-state index in [-0.39, 0.29) is 17.2 Å². The summed E-state index contributed by atoms with van der Waals surface area (Å²) in [4.78, 5) is 0.102. The number of sulfone groups is 1. The highest BCUT2D eigenvalue weighted by atomic mass is 35.5. The second-order valence-corrected chi connectivity index (χ2v) is 5.88. The Balaban J connectivity index is 3.43. The molecular weight excluding hydrogens is 250 g/mol. The van der Waals surface area contributed by atoms with E-state index in [1.165, 1.54) is 13.2 Å². The summed E-state index contributed by atoms with van der Waals surface area (Å²) in [5.41, 5.74) is 5.95. The topological polar surface area (TPSA) is 69.4 Å². The van der Waals surface area contributed by atoms with E-state index in [2.05, 4.69) is 0 Å². The molecule has 0 aliphatic rings. The highest BCUT2D eigenvalue weighted by Crippen LogP contribution is 2.31. The summed E-state index contributed by atoms with van der Waals surface area (Å²) in [5.74, 6) is 0.209. The molecule has 1 aromatic rings. The van der Waals surface area contributed by atoms with Crippen molar-refractivity contribution in [1.82, 2.24) is 0 Å². The minimum Gasteiger partial charge on any atom is -0.495 e. The lowest BCUT2D eigenvalue weighted by Crippen LogP contribution is -2.16. The zero-order valence-electron chi connectivity index (χ0n) is 9.16. The van der Waals surface area contributed by atoms with Gasteiger partial charge in [0.2, 0.25) is 0 Å². The maximum absolute atomic E-state index is 11.9. The van der Waals surface area contributed by atoms with Crippen molar-refractivity contribution in [2.75, 3.05) is 19.4 Å². The molecule has 1 rings (SSSR count). The minimum absolute atomic E-state index is 0.0665. The van der Waals surface area contributed by atoms with E-state index in [0.29, 0.717) is 16.3 Å². The standard InChI is InChI=1S/C10H14ClNO3S/c1-7-5-8(11)6-9(10(7)15-2)16(13,14)4-3-12/h5-6H,3-4,12H2,1-2H3. The summed E-state index contributed by atoms with van der Waals surface area (Å²) < 4.78 is 28.9. The Labute approximate surface area is 100 Å². The first-order valence-electron chi connectivity index (χ1n) is 4.69. The first-order valence-corrected chi connectivity index (χ1v) is 6.72. The van der Waals surface area contributed by atoms with E-state index in [9.17, 15) is 8.42 Å². The van der Waals surface area contributed by atoms with Gasteiger partial charge in [0.25, 0.3) is 0 Å². The van der Waals surface area contributed by atoms with Gasteiger partial charge in [-0.2, -0.15) is 0 Å². The summed E-state index contributed by atoms with van der Waals surface area (Å²) >= 11 is 5.83. The van der Waals surface area contributed by atoms with E-state index in [0.717, 1.165) is 0 Å². The fourth-order valence-electron chi connectivity index (χ4n) is 1.46. The van der Waals surface area contributed by atoms with Crippen LogP contribution in [0.5, 0.6) is 5.75 Å². The molecule has 0 unspecified atom stereocenters. The Kier molecular flexibility index (Phi) is 4.18. The molecule has 1 aromatic carbocycles. The zero-order valence-corrected chi connectivity index (χ0v) is 10.7. The minimum atomic E-state index is -3.43. The lowest BCUT2D eigenvalue weighted by Gasteiger charge is -2.12. The zero-order chi connectivity index (χ0) is 12.3. The highest BCUT2D eigenvalue weighted by Gasteiger charge is 2.21. The Morgan fingerprint density at radius 3 is 2.56 bits per heavy atom. The molecule has 0 bridgehead atoms. The largest absolute Gasteiger partial charge is 0.495 e. The summed E-state index contributed by atoms with van der Waals surface area (Å²) in [7, 11) is -2.00. The molecular formula is C10H14ClNO3S. The molecule has 16 heavy (non-hydrogen) atoms. The van der Waals surface area contributed by atoms with Gasteiger partial charge >= 0.3 is 0 Å². The third-order valence-electron chi connectivity index (χ3n) is 2.13. The number of hydrogen-bond donors (Lipinski definition) is 1. The predicted octanol–water partition coefficient (Wildman–Crippen LogP) is 1.39.